The van der Waals surface area contributed by atoms with Gasteiger partial charge in [-0.15, -0.1) is 0 Å². The fraction of sp³-hybridized carbons (Fsp3) is 0.267. The molecule has 0 radical (unpaired) electrons. The Morgan fingerprint density at radius 3 is 2.76 bits per heavy atom. The summed E-state index contributed by atoms with van der Waals surface area (Å²) in [6, 6.07) is 6.56. The third-order valence-corrected chi connectivity index (χ3v) is 3.80. The molecule has 6 heteroatoms. The third-order valence-electron chi connectivity index (χ3n) is 2.92. The van der Waals surface area contributed by atoms with Crippen molar-refractivity contribution < 1.29 is 9.90 Å². The lowest BCUT2D eigenvalue weighted by Crippen LogP contribution is -2.09. The maximum absolute atomic E-state index is 11.6. The van der Waals surface area contributed by atoms with E-state index in [1.807, 2.05) is 6.92 Å². The third kappa shape index (κ3) is 3.95. The maximum Gasteiger partial charge on any atom is 0.335 e. The smallest absolute Gasteiger partial charge is 0.335 e. The Balaban J connectivity index is 2.28. The van der Waals surface area contributed by atoms with Gasteiger partial charge in [0.05, 0.1) is 5.56 Å². The number of carboxylic acid groups (broad SMARTS) is 1. The number of carboxylic acids is 1. The molecule has 0 bridgehead atoms. The Hall–Kier alpha value is -2.08. The van der Waals surface area contributed by atoms with E-state index in [2.05, 4.69) is 9.97 Å². The number of benzene rings is 1. The van der Waals surface area contributed by atoms with Gasteiger partial charge < -0.3 is 10.1 Å². The van der Waals surface area contributed by atoms with Gasteiger partial charge in [-0.25, -0.2) is 9.78 Å². The van der Waals surface area contributed by atoms with Crippen molar-refractivity contribution in [1.82, 2.24) is 9.97 Å². The van der Waals surface area contributed by atoms with Crippen LogP contribution in [-0.2, 0) is 6.42 Å². The van der Waals surface area contributed by atoms with Crippen LogP contribution in [0, 0.1) is 6.92 Å². The highest BCUT2D eigenvalue weighted by molar-refractivity contribution is 7.99. The summed E-state index contributed by atoms with van der Waals surface area (Å²) in [5.41, 5.74) is 1.55. The van der Waals surface area contributed by atoms with Crippen molar-refractivity contribution in [2.45, 2.75) is 36.7 Å². The summed E-state index contributed by atoms with van der Waals surface area (Å²) in [6.07, 6.45) is 1.68. The predicted molar refractivity (Wildman–Crippen MR) is 81.1 cm³/mol. The van der Waals surface area contributed by atoms with E-state index in [0.29, 0.717) is 10.7 Å². The zero-order valence-corrected chi connectivity index (χ0v) is 12.7. The van der Waals surface area contributed by atoms with Crippen molar-refractivity contribution in [3.05, 3.63) is 51.4 Å². The zero-order valence-electron chi connectivity index (χ0n) is 11.8. The summed E-state index contributed by atoms with van der Waals surface area (Å²) >= 11 is 1.32. The molecule has 1 aromatic heterocycles. The molecule has 0 fully saturated rings. The van der Waals surface area contributed by atoms with Crippen LogP contribution in [0.4, 0.5) is 0 Å². The topological polar surface area (TPSA) is 83.0 Å². The van der Waals surface area contributed by atoms with Gasteiger partial charge >= 0.3 is 5.97 Å². The van der Waals surface area contributed by atoms with Gasteiger partial charge in [0.2, 0.25) is 0 Å². The normalized spacial score (nSPS) is 10.6. The largest absolute Gasteiger partial charge is 0.478 e. The van der Waals surface area contributed by atoms with Crippen LogP contribution in [0.5, 0.6) is 0 Å². The first-order valence-corrected chi connectivity index (χ1v) is 7.43. The first kappa shape index (κ1) is 15.3. The molecule has 0 aliphatic heterocycles. The number of hydrogen-bond donors (Lipinski definition) is 2. The molecule has 0 saturated heterocycles. The molecule has 0 unspecified atom stereocenters. The van der Waals surface area contributed by atoms with Gasteiger partial charge in [0.1, 0.15) is 0 Å². The number of aromatic carboxylic acids is 1. The van der Waals surface area contributed by atoms with E-state index in [1.165, 1.54) is 17.8 Å². The SMILES string of the molecule is CCCc1cc(=O)[nH]c(Sc2ccc(C(=O)O)c(C)c2)n1. The molecular weight excluding hydrogens is 288 g/mol. The maximum atomic E-state index is 11.6. The fourth-order valence-electron chi connectivity index (χ4n) is 1.97. The van der Waals surface area contributed by atoms with Gasteiger partial charge in [-0.2, -0.15) is 0 Å². The van der Waals surface area contributed by atoms with Crippen LogP contribution in [0.25, 0.3) is 0 Å². The van der Waals surface area contributed by atoms with Crippen LogP contribution in [0.15, 0.2) is 39.1 Å². The minimum absolute atomic E-state index is 0.171. The second-order valence-electron chi connectivity index (χ2n) is 4.68. The average Bonchev–Trinajstić information content (AvgIpc) is 2.37. The van der Waals surface area contributed by atoms with Gasteiger partial charge in [-0.3, -0.25) is 4.79 Å². The standard InChI is InChI=1S/C15H16N2O3S/c1-3-4-10-8-13(18)17-15(16-10)21-11-5-6-12(14(19)20)9(2)7-11/h5-8H,3-4H2,1-2H3,(H,19,20)(H,16,17,18). The van der Waals surface area contributed by atoms with Crippen LogP contribution < -0.4 is 5.56 Å². The van der Waals surface area contributed by atoms with Crippen molar-refractivity contribution in [3.8, 4) is 0 Å². The lowest BCUT2D eigenvalue weighted by Gasteiger charge is -2.06. The van der Waals surface area contributed by atoms with Crippen LogP contribution in [-0.4, -0.2) is 21.0 Å². The number of hydrogen-bond acceptors (Lipinski definition) is 4. The van der Waals surface area contributed by atoms with Gasteiger partial charge in [0, 0.05) is 16.7 Å². The van der Waals surface area contributed by atoms with Gasteiger partial charge in [0.15, 0.2) is 5.16 Å². The van der Waals surface area contributed by atoms with Gasteiger partial charge in [-0.1, -0.05) is 25.1 Å². The predicted octanol–water partition coefficient (Wildman–Crippen LogP) is 2.88. The number of H-pyrrole nitrogens is 1. The van der Waals surface area contributed by atoms with E-state index >= 15 is 0 Å². The second kappa shape index (κ2) is 6.58. The lowest BCUT2D eigenvalue weighted by atomic mass is 10.1. The molecule has 110 valence electrons. The molecule has 0 atom stereocenters. The highest BCUT2D eigenvalue weighted by Gasteiger charge is 2.09. The molecule has 2 rings (SSSR count). The van der Waals surface area contributed by atoms with E-state index in [4.69, 9.17) is 5.11 Å². The minimum Gasteiger partial charge on any atom is -0.478 e. The zero-order chi connectivity index (χ0) is 15.4. The fourth-order valence-corrected chi connectivity index (χ4v) is 2.88. The summed E-state index contributed by atoms with van der Waals surface area (Å²) in [6.45, 7) is 3.78. The van der Waals surface area contributed by atoms with Gasteiger partial charge in [0.25, 0.3) is 5.56 Å². The van der Waals surface area contributed by atoms with E-state index < -0.39 is 5.97 Å². The highest BCUT2D eigenvalue weighted by Crippen LogP contribution is 2.26. The summed E-state index contributed by atoms with van der Waals surface area (Å²) in [5, 5.41) is 9.53. The number of aryl methyl sites for hydroxylation is 2. The molecule has 1 aromatic carbocycles. The van der Waals surface area contributed by atoms with Crippen LogP contribution in [0.1, 0.15) is 35.0 Å². The van der Waals surface area contributed by atoms with E-state index in [0.717, 1.165) is 23.4 Å². The molecular formula is C15H16N2O3S. The van der Waals surface area contributed by atoms with Crippen molar-refractivity contribution in [2.75, 3.05) is 0 Å². The quantitative estimate of drug-likeness (QED) is 0.830. The van der Waals surface area contributed by atoms with Crippen LogP contribution >= 0.6 is 11.8 Å². The van der Waals surface area contributed by atoms with Crippen molar-refractivity contribution >= 4 is 17.7 Å². The summed E-state index contributed by atoms with van der Waals surface area (Å²) in [5.74, 6) is -0.944. The Morgan fingerprint density at radius 1 is 1.38 bits per heavy atom. The van der Waals surface area contributed by atoms with Crippen LogP contribution in [0.2, 0.25) is 0 Å². The number of aromatic amines is 1. The molecule has 0 spiro atoms. The summed E-state index contributed by atoms with van der Waals surface area (Å²) in [4.78, 5) is 30.5. The van der Waals surface area contributed by atoms with E-state index in [-0.39, 0.29) is 11.1 Å². The Kier molecular flexibility index (Phi) is 4.80. The monoisotopic (exact) mass is 304 g/mol. The van der Waals surface area contributed by atoms with Gasteiger partial charge in [-0.05, 0) is 37.1 Å². The van der Waals surface area contributed by atoms with Crippen molar-refractivity contribution in [3.63, 3.8) is 0 Å². The molecule has 21 heavy (non-hydrogen) atoms. The van der Waals surface area contributed by atoms with Crippen LogP contribution in [0.3, 0.4) is 0 Å². The van der Waals surface area contributed by atoms with E-state index in [1.54, 1.807) is 25.1 Å². The molecule has 0 saturated carbocycles. The molecule has 1 heterocycles. The summed E-state index contributed by atoms with van der Waals surface area (Å²) < 4.78 is 0. The Bertz CT molecular complexity index is 725. The first-order chi connectivity index (χ1) is 9.99. The number of aromatic nitrogens is 2. The molecule has 2 N–H and O–H groups in total. The minimum atomic E-state index is -0.944. The average molecular weight is 304 g/mol. The first-order valence-electron chi connectivity index (χ1n) is 6.61. The second-order valence-corrected chi connectivity index (χ2v) is 5.74. The van der Waals surface area contributed by atoms with Crippen molar-refractivity contribution in [1.29, 1.82) is 0 Å². The molecule has 0 aliphatic rings. The summed E-state index contributed by atoms with van der Waals surface area (Å²) in [7, 11) is 0. The lowest BCUT2D eigenvalue weighted by molar-refractivity contribution is 0.0696. The Labute approximate surface area is 126 Å². The number of rotatable bonds is 5. The molecule has 5 nitrogen and oxygen atoms in total. The van der Waals surface area contributed by atoms with E-state index in [9.17, 15) is 9.59 Å². The molecule has 0 amide bonds. The number of carbonyl (C=O) groups is 1. The highest BCUT2D eigenvalue weighted by atomic mass is 32.2. The number of nitrogens with one attached hydrogen (secondary N) is 1. The molecule has 0 aliphatic carbocycles. The number of nitrogens with zero attached hydrogens (tertiary/aromatic N) is 1. The Morgan fingerprint density at radius 2 is 2.14 bits per heavy atom. The van der Waals surface area contributed by atoms with Crippen molar-refractivity contribution in [2.24, 2.45) is 0 Å². The molecule has 2 aromatic rings.